The summed E-state index contributed by atoms with van der Waals surface area (Å²) in [6.07, 6.45) is 1.14. The topological polar surface area (TPSA) is 49.4 Å². The standard InChI is InChI=1S/C27H29FN2O2/c1-20-12-14-21(15-13-20)16-17-26(31)30(19-23-10-6-7-11-24(23)28)25(27(32)29-2)18-22-8-4-3-5-9-22/h3-15,25H,16-19H2,1-2H3,(H,29,32)/t25-/m1/s1. The molecule has 166 valence electrons. The largest absolute Gasteiger partial charge is 0.357 e. The molecule has 1 atom stereocenters. The SMILES string of the molecule is CNC(=O)[C@@H](Cc1ccccc1)N(Cc1ccccc1F)C(=O)CCc1ccc(C)cc1. The molecule has 5 heteroatoms. The van der Waals surface area contributed by atoms with Gasteiger partial charge in [-0.05, 0) is 30.5 Å². The molecule has 1 N–H and O–H groups in total. The van der Waals surface area contributed by atoms with Crippen molar-refractivity contribution in [3.05, 3.63) is 107 Å². The van der Waals surface area contributed by atoms with Crippen LogP contribution in [-0.4, -0.2) is 29.8 Å². The normalized spacial score (nSPS) is 11.6. The Hall–Kier alpha value is -3.47. The number of likely N-dealkylation sites (N-methyl/N-ethyl adjacent to an activating group) is 1. The van der Waals surface area contributed by atoms with Gasteiger partial charge in [0.25, 0.3) is 0 Å². The number of benzene rings is 3. The average molecular weight is 433 g/mol. The van der Waals surface area contributed by atoms with Crippen LogP contribution in [0.5, 0.6) is 0 Å². The van der Waals surface area contributed by atoms with Crippen LogP contribution in [0.3, 0.4) is 0 Å². The summed E-state index contributed by atoms with van der Waals surface area (Å²) in [7, 11) is 1.55. The number of amides is 2. The van der Waals surface area contributed by atoms with Crippen molar-refractivity contribution in [2.75, 3.05) is 7.05 Å². The highest BCUT2D eigenvalue weighted by Gasteiger charge is 2.30. The Kier molecular flexibility index (Phi) is 8.14. The molecule has 0 saturated carbocycles. The lowest BCUT2D eigenvalue weighted by molar-refractivity contribution is -0.141. The van der Waals surface area contributed by atoms with Crippen LogP contribution >= 0.6 is 0 Å². The molecule has 0 aliphatic rings. The van der Waals surface area contributed by atoms with Gasteiger partial charge in [-0.3, -0.25) is 9.59 Å². The van der Waals surface area contributed by atoms with Crippen LogP contribution in [0.25, 0.3) is 0 Å². The second-order valence-electron chi connectivity index (χ2n) is 7.92. The van der Waals surface area contributed by atoms with Gasteiger partial charge < -0.3 is 10.2 Å². The Morgan fingerprint density at radius 2 is 1.56 bits per heavy atom. The Balaban J connectivity index is 1.87. The molecule has 0 unspecified atom stereocenters. The molecule has 2 amide bonds. The molecule has 0 saturated heterocycles. The second-order valence-corrected chi connectivity index (χ2v) is 7.92. The van der Waals surface area contributed by atoms with Crippen molar-refractivity contribution in [3.63, 3.8) is 0 Å². The van der Waals surface area contributed by atoms with Crippen molar-refractivity contribution >= 4 is 11.8 Å². The van der Waals surface area contributed by atoms with Crippen molar-refractivity contribution < 1.29 is 14.0 Å². The van der Waals surface area contributed by atoms with Crippen LogP contribution in [0.2, 0.25) is 0 Å². The first-order valence-corrected chi connectivity index (χ1v) is 10.8. The molecule has 0 aliphatic carbocycles. The zero-order valence-corrected chi connectivity index (χ0v) is 18.6. The van der Waals surface area contributed by atoms with E-state index in [0.717, 1.165) is 16.7 Å². The number of rotatable bonds is 9. The van der Waals surface area contributed by atoms with E-state index >= 15 is 0 Å². The second kappa shape index (κ2) is 11.2. The van der Waals surface area contributed by atoms with Crippen LogP contribution < -0.4 is 5.32 Å². The van der Waals surface area contributed by atoms with Gasteiger partial charge in [-0.1, -0.05) is 78.4 Å². The Morgan fingerprint density at radius 3 is 2.22 bits per heavy atom. The van der Waals surface area contributed by atoms with Crippen LogP contribution in [-0.2, 0) is 29.0 Å². The Labute approximate surface area is 189 Å². The molecule has 32 heavy (non-hydrogen) atoms. The van der Waals surface area contributed by atoms with Gasteiger partial charge in [0.05, 0.1) is 0 Å². The number of nitrogens with zero attached hydrogens (tertiary/aromatic N) is 1. The molecule has 0 heterocycles. The minimum atomic E-state index is -0.743. The van der Waals surface area contributed by atoms with E-state index in [1.807, 2.05) is 61.5 Å². The van der Waals surface area contributed by atoms with Crippen LogP contribution in [0.4, 0.5) is 4.39 Å². The summed E-state index contributed by atoms with van der Waals surface area (Å²) in [4.78, 5) is 27.7. The van der Waals surface area contributed by atoms with Crippen molar-refractivity contribution in [1.82, 2.24) is 10.2 Å². The number of carbonyl (C=O) groups excluding carboxylic acids is 2. The fourth-order valence-corrected chi connectivity index (χ4v) is 3.68. The third-order valence-corrected chi connectivity index (χ3v) is 5.56. The first-order chi connectivity index (χ1) is 15.5. The monoisotopic (exact) mass is 432 g/mol. The van der Waals surface area contributed by atoms with E-state index in [4.69, 9.17) is 0 Å². The highest BCUT2D eigenvalue weighted by atomic mass is 19.1. The van der Waals surface area contributed by atoms with Gasteiger partial charge in [-0.2, -0.15) is 0 Å². The molecule has 0 spiro atoms. The van der Waals surface area contributed by atoms with Crippen LogP contribution in [0.1, 0.15) is 28.7 Å². The van der Waals surface area contributed by atoms with Crippen molar-refractivity contribution in [2.24, 2.45) is 0 Å². The molecule has 0 radical (unpaired) electrons. The summed E-state index contributed by atoms with van der Waals surface area (Å²) >= 11 is 0. The Bertz CT molecular complexity index is 1040. The maximum atomic E-state index is 14.4. The molecule has 0 aliphatic heterocycles. The minimum Gasteiger partial charge on any atom is -0.357 e. The third kappa shape index (κ3) is 6.27. The summed E-state index contributed by atoms with van der Waals surface area (Å²) in [5, 5.41) is 2.67. The van der Waals surface area contributed by atoms with E-state index in [1.54, 1.807) is 25.2 Å². The number of nitrogens with one attached hydrogen (secondary N) is 1. The van der Waals surface area contributed by atoms with Gasteiger partial charge in [0, 0.05) is 32.0 Å². The number of carbonyl (C=O) groups is 2. The molecule has 3 rings (SSSR count). The smallest absolute Gasteiger partial charge is 0.242 e. The minimum absolute atomic E-state index is 0.0321. The molecule has 4 nitrogen and oxygen atoms in total. The third-order valence-electron chi connectivity index (χ3n) is 5.56. The van der Waals surface area contributed by atoms with E-state index in [9.17, 15) is 14.0 Å². The first kappa shape index (κ1) is 23.2. The zero-order chi connectivity index (χ0) is 22.9. The van der Waals surface area contributed by atoms with Gasteiger partial charge in [0.1, 0.15) is 11.9 Å². The van der Waals surface area contributed by atoms with Gasteiger partial charge in [0.2, 0.25) is 11.8 Å². The zero-order valence-electron chi connectivity index (χ0n) is 18.6. The van der Waals surface area contributed by atoms with Crippen LogP contribution in [0, 0.1) is 12.7 Å². The van der Waals surface area contributed by atoms with Gasteiger partial charge in [0.15, 0.2) is 0 Å². The average Bonchev–Trinajstić information content (AvgIpc) is 2.82. The molecule has 0 bridgehead atoms. The fraction of sp³-hybridized carbons (Fsp3) is 0.259. The number of aryl methyl sites for hydroxylation is 2. The number of hydrogen-bond donors (Lipinski definition) is 1. The summed E-state index contributed by atoms with van der Waals surface area (Å²) < 4.78 is 14.4. The fourth-order valence-electron chi connectivity index (χ4n) is 3.68. The number of hydrogen-bond acceptors (Lipinski definition) is 2. The maximum absolute atomic E-state index is 14.4. The predicted molar refractivity (Wildman–Crippen MR) is 124 cm³/mol. The summed E-state index contributed by atoms with van der Waals surface area (Å²) in [5.41, 5.74) is 3.53. The summed E-state index contributed by atoms with van der Waals surface area (Å²) in [6.45, 7) is 2.05. The molecule has 0 aromatic heterocycles. The van der Waals surface area contributed by atoms with E-state index in [0.29, 0.717) is 18.4 Å². The summed E-state index contributed by atoms with van der Waals surface area (Å²) in [6, 6.07) is 23.2. The van der Waals surface area contributed by atoms with Crippen molar-refractivity contribution in [3.8, 4) is 0 Å². The Morgan fingerprint density at radius 1 is 0.906 bits per heavy atom. The van der Waals surface area contributed by atoms with Gasteiger partial charge >= 0.3 is 0 Å². The predicted octanol–water partition coefficient (Wildman–Crippen LogP) is 4.45. The highest BCUT2D eigenvalue weighted by Crippen LogP contribution is 2.18. The van der Waals surface area contributed by atoms with Crippen LogP contribution in [0.15, 0.2) is 78.9 Å². The lowest BCUT2D eigenvalue weighted by atomic mass is 10.0. The van der Waals surface area contributed by atoms with E-state index in [2.05, 4.69) is 5.32 Å². The van der Waals surface area contributed by atoms with E-state index in [1.165, 1.54) is 11.0 Å². The summed E-state index contributed by atoms with van der Waals surface area (Å²) in [5.74, 6) is -0.841. The lowest BCUT2D eigenvalue weighted by Gasteiger charge is -2.31. The van der Waals surface area contributed by atoms with Gasteiger partial charge in [-0.25, -0.2) is 4.39 Å². The van der Waals surface area contributed by atoms with Gasteiger partial charge in [-0.15, -0.1) is 0 Å². The van der Waals surface area contributed by atoms with E-state index < -0.39 is 6.04 Å². The molecule has 3 aromatic carbocycles. The van der Waals surface area contributed by atoms with Crippen molar-refractivity contribution in [2.45, 2.75) is 38.8 Å². The number of halogens is 1. The quantitative estimate of drug-likeness (QED) is 0.543. The van der Waals surface area contributed by atoms with E-state index in [-0.39, 0.29) is 30.6 Å². The lowest BCUT2D eigenvalue weighted by Crippen LogP contribution is -2.49. The first-order valence-electron chi connectivity index (χ1n) is 10.8. The molecule has 0 fully saturated rings. The van der Waals surface area contributed by atoms with Crippen molar-refractivity contribution in [1.29, 1.82) is 0 Å². The molecule has 3 aromatic rings. The highest BCUT2D eigenvalue weighted by molar-refractivity contribution is 5.88. The maximum Gasteiger partial charge on any atom is 0.242 e. The molecular weight excluding hydrogens is 403 g/mol. The molecular formula is C27H29FN2O2.